The Morgan fingerprint density at radius 2 is 1.53 bits per heavy atom. The number of unbranched alkanes of at least 4 members (excludes halogenated alkanes) is 2. The molecule has 1 aliphatic carbocycles. The number of hydrogen-bond acceptors (Lipinski definition) is 2. The predicted molar refractivity (Wildman–Crippen MR) is 150 cm³/mol. The molecule has 0 spiro atoms. The number of fused-ring (bicyclic) bond motifs is 1. The Hall–Kier alpha value is -1.63. The minimum Gasteiger partial charge on any atom is -0.325 e. The van der Waals surface area contributed by atoms with E-state index in [9.17, 15) is 4.57 Å². The summed E-state index contributed by atoms with van der Waals surface area (Å²) in [4.78, 5) is 0. The van der Waals surface area contributed by atoms with Gasteiger partial charge in [0, 0.05) is 11.5 Å². The molecule has 3 heteroatoms. The maximum Gasteiger partial charge on any atom is 0.232 e. The van der Waals surface area contributed by atoms with Crippen molar-refractivity contribution in [3.63, 3.8) is 0 Å². The maximum atomic E-state index is 13.6. The third-order valence-electron chi connectivity index (χ3n) is 7.58. The molecular weight excluding hydrogens is 435 g/mol. The molecular formula is C31H45O2P. The molecule has 0 heterocycles. The van der Waals surface area contributed by atoms with Crippen LogP contribution in [0.2, 0.25) is 0 Å². The molecule has 1 unspecified atom stereocenters. The fourth-order valence-corrected chi connectivity index (χ4v) is 7.25. The Balaban J connectivity index is 1.86. The molecule has 0 saturated heterocycles. The average molecular weight is 481 g/mol. The van der Waals surface area contributed by atoms with Crippen molar-refractivity contribution in [2.75, 3.05) is 12.8 Å². The minimum atomic E-state index is -2.79. The highest BCUT2D eigenvalue weighted by molar-refractivity contribution is 7.67. The second-order valence-electron chi connectivity index (χ2n) is 11.4. The Kier molecular flexibility index (Phi) is 8.70. The molecule has 2 aromatic rings. The first-order valence-electron chi connectivity index (χ1n) is 13.2. The van der Waals surface area contributed by atoms with Crippen LogP contribution < -0.4 is 5.30 Å². The Morgan fingerprint density at radius 1 is 0.912 bits per heavy atom. The van der Waals surface area contributed by atoms with Crippen LogP contribution in [-0.4, -0.2) is 12.8 Å². The highest BCUT2D eigenvalue weighted by Gasteiger charge is 2.37. The van der Waals surface area contributed by atoms with E-state index in [1.165, 1.54) is 35.1 Å². The summed E-state index contributed by atoms with van der Waals surface area (Å²) in [6.07, 6.45) is 9.27. The second kappa shape index (κ2) is 11.0. The summed E-state index contributed by atoms with van der Waals surface area (Å²) in [5.74, 6) is 0. The normalized spacial score (nSPS) is 18.9. The fourth-order valence-electron chi connectivity index (χ4n) is 4.96. The average Bonchev–Trinajstić information content (AvgIpc) is 2.81. The van der Waals surface area contributed by atoms with Crippen molar-refractivity contribution >= 4 is 24.3 Å². The zero-order valence-corrected chi connectivity index (χ0v) is 23.4. The van der Waals surface area contributed by atoms with E-state index in [1.807, 2.05) is 12.1 Å². The summed E-state index contributed by atoms with van der Waals surface area (Å²) < 4.78 is 19.6. The topological polar surface area (TPSA) is 26.3 Å². The Morgan fingerprint density at radius 3 is 2.15 bits per heavy atom. The lowest BCUT2D eigenvalue weighted by atomic mass is 9.63. The molecule has 0 N–H and O–H groups in total. The van der Waals surface area contributed by atoms with Crippen molar-refractivity contribution in [2.45, 2.75) is 97.8 Å². The monoisotopic (exact) mass is 480 g/mol. The quantitative estimate of drug-likeness (QED) is 0.192. The first kappa shape index (κ1) is 27.0. The SMILES string of the molecule is CCCCOP(=O)(CCCC)c1ccc(/C=C(\C)c2ccc3c(c2)C(C)(C)CCC3(C)C)cc1. The zero-order valence-electron chi connectivity index (χ0n) is 22.5. The summed E-state index contributed by atoms with van der Waals surface area (Å²) >= 11 is 0. The predicted octanol–water partition coefficient (Wildman–Crippen LogP) is 9.12. The molecule has 3 rings (SSSR count). The van der Waals surface area contributed by atoms with E-state index in [0.717, 1.165) is 36.6 Å². The smallest absolute Gasteiger partial charge is 0.232 e. The van der Waals surface area contributed by atoms with Crippen LogP contribution in [0.25, 0.3) is 11.6 Å². The summed E-state index contributed by atoms with van der Waals surface area (Å²) in [6.45, 7) is 16.5. The van der Waals surface area contributed by atoms with Crippen molar-refractivity contribution in [1.29, 1.82) is 0 Å². The summed E-state index contributed by atoms with van der Waals surface area (Å²) in [5, 5.41) is 0.851. The number of rotatable bonds is 10. The van der Waals surface area contributed by atoms with E-state index in [-0.39, 0.29) is 10.8 Å². The third kappa shape index (κ3) is 6.13. The largest absolute Gasteiger partial charge is 0.325 e. The number of allylic oxidation sites excluding steroid dienone is 1. The van der Waals surface area contributed by atoms with Crippen LogP contribution in [0.1, 0.15) is 109 Å². The van der Waals surface area contributed by atoms with Gasteiger partial charge in [-0.15, -0.1) is 0 Å². The van der Waals surface area contributed by atoms with E-state index >= 15 is 0 Å². The van der Waals surface area contributed by atoms with Crippen LogP contribution in [0.5, 0.6) is 0 Å². The standard InChI is InChI=1S/C31H45O2P/c1-8-10-20-33-34(32,21-11-9-2)27-15-12-25(13-16-27)22-24(3)26-14-17-28-29(23-26)31(6,7)19-18-30(28,4)5/h12-17,22-23H,8-11,18-21H2,1-7H3/b24-22+. The first-order chi connectivity index (χ1) is 16.0. The van der Waals surface area contributed by atoms with E-state index < -0.39 is 7.37 Å². The molecule has 186 valence electrons. The highest BCUT2D eigenvalue weighted by atomic mass is 31.2. The molecule has 2 nitrogen and oxygen atoms in total. The van der Waals surface area contributed by atoms with E-state index in [2.05, 4.69) is 84.9 Å². The van der Waals surface area contributed by atoms with Gasteiger partial charge in [-0.05, 0) is 83.4 Å². The molecule has 1 aliphatic rings. The lowest BCUT2D eigenvalue weighted by molar-refractivity contribution is 0.312. The summed E-state index contributed by atoms with van der Waals surface area (Å²) in [5.41, 5.74) is 7.10. The van der Waals surface area contributed by atoms with Gasteiger partial charge in [0.05, 0.1) is 6.61 Å². The fraction of sp³-hybridized carbons (Fsp3) is 0.548. The van der Waals surface area contributed by atoms with Gasteiger partial charge < -0.3 is 4.52 Å². The lowest BCUT2D eigenvalue weighted by Crippen LogP contribution is -2.33. The van der Waals surface area contributed by atoms with Crippen molar-refractivity contribution in [2.24, 2.45) is 0 Å². The minimum absolute atomic E-state index is 0.209. The summed E-state index contributed by atoms with van der Waals surface area (Å²) in [6, 6.07) is 15.3. The molecule has 0 fully saturated rings. The van der Waals surface area contributed by atoms with Crippen molar-refractivity contribution in [3.8, 4) is 0 Å². The zero-order chi connectivity index (χ0) is 25.0. The van der Waals surface area contributed by atoms with Crippen molar-refractivity contribution in [1.82, 2.24) is 0 Å². The van der Waals surface area contributed by atoms with Crippen LogP contribution in [0.4, 0.5) is 0 Å². The van der Waals surface area contributed by atoms with Crippen LogP contribution in [-0.2, 0) is 19.9 Å². The summed E-state index contributed by atoms with van der Waals surface area (Å²) in [7, 11) is -2.79. The highest BCUT2D eigenvalue weighted by Crippen LogP contribution is 2.47. The van der Waals surface area contributed by atoms with Gasteiger partial charge in [0.25, 0.3) is 0 Å². The molecule has 0 amide bonds. The van der Waals surface area contributed by atoms with Gasteiger partial charge in [-0.3, -0.25) is 4.57 Å². The van der Waals surface area contributed by atoms with Gasteiger partial charge >= 0.3 is 0 Å². The molecule has 1 atom stereocenters. The molecule has 0 radical (unpaired) electrons. The van der Waals surface area contributed by atoms with Gasteiger partial charge in [-0.2, -0.15) is 0 Å². The van der Waals surface area contributed by atoms with Gasteiger partial charge in [0.2, 0.25) is 7.37 Å². The van der Waals surface area contributed by atoms with Gasteiger partial charge in [-0.25, -0.2) is 0 Å². The van der Waals surface area contributed by atoms with Crippen molar-refractivity contribution in [3.05, 3.63) is 64.7 Å². The Bertz CT molecular complexity index is 1040. The van der Waals surface area contributed by atoms with Gasteiger partial charge in [-0.1, -0.05) is 90.8 Å². The molecule has 0 aliphatic heterocycles. The maximum absolute atomic E-state index is 13.6. The molecule has 2 aromatic carbocycles. The second-order valence-corrected chi connectivity index (χ2v) is 14.0. The number of benzene rings is 2. The van der Waals surface area contributed by atoms with Crippen LogP contribution in [0.3, 0.4) is 0 Å². The van der Waals surface area contributed by atoms with E-state index in [0.29, 0.717) is 12.8 Å². The van der Waals surface area contributed by atoms with Crippen LogP contribution in [0.15, 0.2) is 42.5 Å². The van der Waals surface area contributed by atoms with E-state index in [4.69, 9.17) is 4.52 Å². The van der Waals surface area contributed by atoms with E-state index in [1.54, 1.807) is 0 Å². The lowest BCUT2D eigenvalue weighted by Gasteiger charge is -2.42. The van der Waals surface area contributed by atoms with Crippen LogP contribution in [0, 0.1) is 0 Å². The van der Waals surface area contributed by atoms with Gasteiger partial charge in [0.1, 0.15) is 0 Å². The molecule has 0 saturated carbocycles. The van der Waals surface area contributed by atoms with Crippen LogP contribution >= 0.6 is 7.37 Å². The van der Waals surface area contributed by atoms with Crippen molar-refractivity contribution < 1.29 is 9.09 Å². The number of hydrogen-bond donors (Lipinski definition) is 0. The first-order valence-corrected chi connectivity index (χ1v) is 15.0. The molecule has 34 heavy (non-hydrogen) atoms. The Labute approximate surface area is 208 Å². The third-order valence-corrected chi connectivity index (χ3v) is 10.2. The van der Waals surface area contributed by atoms with Gasteiger partial charge in [0.15, 0.2) is 0 Å². The molecule has 0 aromatic heterocycles. The molecule has 0 bridgehead atoms.